The fourth-order valence-corrected chi connectivity index (χ4v) is 1.42. The molecule has 0 saturated heterocycles. The number of aliphatic hydroxyl groups is 1. The van der Waals surface area contributed by atoms with Crippen molar-refractivity contribution >= 4 is 15.9 Å². The SMILES string of the molecule is NCC(O)c1cc(Br)c(O)c(F)c1O. The Morgan fingerprint density at radius 1 is 1.43 bits per heavy atom. The number of phenolic OH excluding ortho intramolecular Hbond substituents is 2. The molecule has 0 amide bonds. The molecule has 14 heavy (non-hydrogen) atoms. The molecule has 1 unspecified atom stereocenters. The molecule has 1 atom stereocenters. The maximum Gasteiger partial charge on any atom is 0.207 e. The van der Waals surface area contributed by atoms with Crippen molar-refractivity contribution in [2.45, 2.75) is 6.10 Å². The van der Waals surface area contributed by atoms with E-state index in [1.165, 1.54) is 6.07 Å². The third kappa shape index (κ3) is 1.82. The minimum Gasteiger partial charge on any atom is -0.504 e. The molecule has 0 saturated carbocycles. The lowest BCUT2D eigenvalue weighted by atomic mass is 10.1. The molecule has 78 valence electrons. The van der Waals surface area contributed by atoms with Gasteiger partial charge in [-0.25, -0.2) is 0 Å². The summed E-state index contributed by atoms with van der Waals surface area (Å²) in [6.45, 7) is -0.149. The number of rotatable bonds is 2. The van der Waals surface area contributed by atoms with Crippen LogP contribution in [0, 0.1) is 5.82 Å². The van der Waals surface area contributed by atoms with Crippen molar-refractivity contribution in [3.05, 3.63) is 21.9 Å². The van der Waals surface area contributed by atoms with Gasteiger partial charge in [-0.2, -0.15) is 4.39 Å². The van der Waals surface area contributed by atoms with E-state index in [2.05, 4.69) is 15.9 Å². The number of benzene rings is 1. The Bertz CT molecular complexity index is 359. The second-order valence-corrected chi connectivity index (χ2v) is 3.56. The van der Waals surface area contributed by atoms with E-state index in [-0.39, 0.29) is 16.6 Å². The summed E-state index contributed by atoms with van der Waals surface area (Å²) in [6, 6.07) is 1.21. The van der Waals surface area contributed by atoms with Crippen LogP contribution in [-0.4, -0.2) is 21.9 Å². The Labute approximate surface area is 87.9 Å². The van der Waals surface area contributed by atoms with E-state index in [0.717, 1.165) is 0 Å². The van der Waals surface area contributed by atoms with Crippen LogP contribution in [0.4, 0.5) is 4.39 Å². The van der Waals surface area contributed by atoms with E-state index in [9.17, 15) is 14.6 Å². The van der Waals surface area contributed by atoms with Crippen molar-refractivity contribution in [3.8, 4) is 11.5 Å². The van der Waals surface area contributed by atoms with Gasteiger partial charge in [-0.1, -0.05) is 0 Å². The molecule has 0 aliphatic rings. The summed E-state index contributed by atoms with van der Waals surface area (Å²) in [6.07, 6.45) is -1.17. The second kappa shape index (κ2) is 4.12. The molecule has 4 nitrogen and oxygen atoms in total. The molecular weight excluding hydrogens is 257 g/mol. The van der Waals surface area contributed by atoms with Gasteiger partial charge in [0, 0.05) is 12.1 Å². The van der Waals surface area contributed by atoms with Gasteiger partial charge in [0.05, 0.1) is 10.6 Å². The minimum absolute atomic E-state index is 0.0512. The van der Waals surface area contributed by atoms with Crippen LogP contribution in [0.3, 0.4) is 0 Å². The third-order valence-electron chi connectivity index (χ3n) is 1.78. The summed E-state index contributed by atoms with van der Waals surface area (Å²) in [5.74, 6) is -2.67. The average Bonchev–Trinajstić information content (AvgIpc) is 2.19. The van der Waals surface area contributed by atoms with Gasteiger partial charge in [0.25, 0.3) is 0 Å². The highest BCUT2D eigenvalue weighted by atomic mass is 79.9. The Kier molecular flexibility index (Phi) is 3.30. The van der Waals surface area contributed by atoms with Crippen molar-refractivity contribution < 1.29 is 19.7 Å². The highest BCUT2D eigenvalue weighted by Crippen LogP contribution is 2.37. The number of hydrogen-bond acceptors (Lipinski definition) is 4. The number of aromatic hydroxyl groups is 2. The van der Waals surface area contributed by atoms with Gasteiger partial charge in [0.15, 0.2) is 11.5 Å². The Morgan fingerprint density at radius 2 is 2.00 bits per heavy atom. The standard InChI is InChI=1S/C8H9BrFNO3/c9-4-1-3(5(12)2-11)7(13)6(10)8(4)14/h1,5,12-14H,2,11H2. The quantitative estimate of drug-likeness (QED) is 0.643. The summed E-state index contributed by atoms with van der Waals surface area (Å²) in [7, 11) is 0. The first kappa shape index (κ1) is 11.2. The summed E-state index contributed by atoms with van der Waals surface area (Å²) >= 11 is 2.88. The molecule has 0 aliphatic heterocycles. The van der Waals surface area contributed by atoms with E-state index in [1.807, 2.05) is 0 Å². The molecule has 0 spiro atoms. The highest BCUT2D eigenvalue weighted by molar-refractivity contribution is 9.10. The molecule has 1 aromatic rings. The van der Waals surface area contributed by atoms with Gasteiger partial charge in [-0.05, 0) is 22.0 Å². The predicted octanol–water partition coefficient (Wildman–Crippen LogP) is 0.991. The summed E-state index contributed by atoms with van der Waals surface area (Å²) in [5.41, 5.74) is 5.09. The zero-order valence-electron chi connectivity index (χ0n) is 7.04. The smallest absolute Gasteiger partial charge is 0.207 e. The molecule has 1 aromatic carbocycles. The monoisotopic (exact) mass is 265 g/mol. The maximum absolute atomic E-state index is 13.1. The number of halogens is 2. The number of aliphatic hydroxyl groups excluding tert-OH is 1. The van der Waals surface area contributed by atoms with Crippen LogP contribution in [0.2, 0.25) is 0 Å². The van der Waals surface area contributed by atoms with E-state index >= 15 is 0 Å². The van der Waals surface area contributed by atoms with Crippen LogP contribution in [0.15, 0.2) is 10.5 Å². The lowest BCUT2D eigenvalue weighted by molar-refractivity contribution is 0.181. The minimum atomic E-state index is -1.18. The first-order valence-electron chi connectivity index (χ1n) is 3.77. The van der Waals surface area contributed by atoms with Crippen LogP contribution in [0.25, 0.3) is 0 Å². The predicted molar refractivity (Wildman–Crippen MR) is 51.4 cm³/mol. The van der Waals surface area contributed by atoms with E-state index in [1.54, 1.807) is 0 Å². The van der Waals surface area contributed by atoms with Crippen molar-refractivity contribution in [1.29, 1.82) is 0 Å². The Balaban J connectivity index is 3.33. The van der Waals surface area contributed by atoms with Gasteiger partial charge < -0.3 is 21.1 Å². The van der Waals surface area contributed by atoms with Crippen LogP contribution < -0.4 is 5.73 Å². The Morgan fingerprint density at radius 3 is 2.50 bits per heavy atom. The average molecular weight is 266 g/mol. The van der Waals surface area contributed by atoms with Gasteiger partial charge >= 0.3 is 0 Å². The van der Waals surface area contributed by atoms with Crippen LogP contribution in [0.5, 0.6) is 11.5 Å². The molecule has 0 aliphatic carbocycles. The second-order valence-electron chi connectivity index (χ2n) is 2.71. The summed E-state index contributed by atoms with van der Waals surface area (Å²) in [5, 5.41) is 27.6. The molecule has 0 bridgehead atoms. The van der Waals surface area contributed by atoms with Crippen molar-refractivity contribution in [2.75, 3.05) is 6.54 Å². The maximum atomic E-state index is 13.1. The fourth-order valence-electron chi connectivity index (χ4n) is 0.998. The molecule has 0 aromatic heterocycles. The highest BCUT2D eigenvalue weighted by Gasteiger charge is 2.19. The summed E-state index contributed by atoms with van der Waals surface area (Å²) in [4.78, 5) is 0. The van der Waals surface area contributed by atoms with Gasteiger partial charge in [-0.15, -0.1) is 0 Å². The molecule has 6 heteroatoms. The first-order chi connectivity index (χ1) is 6.49. The lowest BCUT2D eigenvalue weighted by Crippen LogP contribution is -2.12. The zero-order chi connectivity index (χ0) is 10.9. The molecular formula is C8H9BrFNO3. The lowest BCUT2D eigenvalue weighted by Gasteiger charge is -2.12. The number of hydrogen-bond donors (Lipinski definition) is 4. The van der Waals surface area contributed by atoms with Crippen LogP contribution in [0.1, 0.15) is 11.7 Å². The van der Waals surface area contributed by atoms with Gasteiger partial charge in [0.1, 0.15) is 0 Å². The third-order valence-corrected chi connectivity index (χ3v) is 2.38. The summed E-state index contributed by atoms with van der Waals surface area (Å²) < 4.78 is 13.1. The van der Waals surface area contributed by atoms with Crippen molar-refractivity contribution in [3.63, 3.8) is 0 Å². The largest absolute Gasteiger partial charge is 0.504 e. The van der Waals surface area contributed by atoms with E-state index < -0.39 is 23.4 Å². The van der Waals surface area contributed by atoms with Gasteiger partial charge in [0.2, 0.25) is 5.82 Å². The topological polar surface area (TPSA) is 86.7 Å². The molecule has 0 radical (unpaired) electrons. The van der Waals surface area contributed by atoms with Crippen LogP contribution in [-0.2, 0) is 0 Å². The number of phenols is 2. The van der Waals surface area contributed by atoms with Crippen molar-refractivity contribution in [1.82, 2.24) is 0 Å². The van der Waals surface area contributed by atoms with Gasteiger partial charge in [-0.3, -0.25) is 0 Å². The molecule has 0 heterocycles. The van der Waals surface area contributed by atoms with E-state index in [0.29, 0.717) is 0 Å². The zero-order valence-corrected chi connectivity index (χ0v) is 8.62. The van der Waals surface area contributed by atoms with Crippen molar-refractivity contribution in [2.24, 2.45) is 5.73 Å². The normalized spacial score (nSPS) is 12.9. The molecule has 0 fully saturated rings. The fraction of sp³-hybridized carbons (Fsp3) is 0.250. The van der Waals surface area contributed by atoms with Crippen LogP contribution >= 0.6 is 15.9 Å². The Hall–Kier alpha value is -0.850. The molecule has 5 N–H and O–H groups in total. The number of nitrogens with two attached hydrogens (primary N) is 1. The van der Waals surface area contributed by atoms with E-state index in [4.69, 9.17) is 10.8 Å². The molecule has 1 rings (SSSR count). The first-order valence-corrected chi connectivity index (χ1v) is 4.56.